The number of hydrogen-bond acceptors (Lipinski definition) is 4. The van der Waals surface area contributed by atoms with Crippen LogP contribution in [0.1, 0.15) is 13.0 Å². The van der Waals surface area contributed by atoms with Crippen molar-refractivity contribution in [3.8, 4) is 11.4 Å². The highest BCUT2D eigenvalue weighted by Crippen LogP contribution is 2.16. The molecule has 1 N–H and O–H groups in total. The molecule has 0 spiro atoms. The summed E-state index contributed by atoms with van der Waals surface area (Å²) in [4.78, 5) is 13.4. The summed E-state index contributed by atoms with van der Waals surface area (Å²) in [5, 5.41) is 14.7. The maximum absolute atomic E-state index is 13.2. The van der Waals surface area contributed by atoms with Crippen molar-refractivity contribution in [2.45, 2.75) is 13.0 Å². The summed E-state index contributed by atoms with van der Waals surface area (Å²) in [6.07, 6.45) is 0. The molecule has 0 fully saturated rings. The largest absolute Gasteiger partial charge is 0.324 e. The predicted molar refractivity (Wildman–Crippen MR) is 83.0 cm³/mol. The van der Waals surface area contributed by atoms with E-state index in [1.807, 2.05) is 18.2 Å². The molecule has 1 heterocycles. The number of tetrazole rings is 1. The lowest BCUT2D eigenvalue weighted by Gasteiger charge is -2.10. The lowest BCUT2D eigenvalue weighted by Crippen LogP contribution is -2.25. The van der Waals surface area contributed by atoms with Crippen LogP contribution in [-0.2, 0) is 4.79 Å². The van der Waals surface area contributed by atoms with Crippen molar-refractivity contribution in [1.29, 1.82) is 0 Å². The summed E-state index contributed by atoms with van der Waals surface area (Å²) in [5.74, 6) is -0.378. The first-order valence-corrected chi connectivity index (χ1v) is 7.05. The van der Waals surface area contributed by atoms with Crippen molar-refractivity contribution in [2.24, 2.45) is 0 Å². The fraction of sp³-hybridized carbons (Fsp3) is 0.125. The van der Waals surface area contributed by atoms with Crippen LogP contribution in [0.5, 0.6) is 0 Å². The Labute approximate surface area is 132 Å². The Morgan fingerprint density at radius 1 is 1.17 bits per heavy atom. The second-order valence-corrected chi connectivity index (χ2v) is 4.98. The molecule has 1 amide bonds. The van der Waals surface area contributed by atoms with Gasteiger partial charge in [-0.1, -0.05) is 30.3 Å². The molecule has 0 saturated heterocycles. The molecule has 0 saturated carbocycles. The lowest BCUT2D eigenvalue weighted by atomic mass is 10.2. The van der Waals surface area contributed by atoms with Crippen molar-refractivity contribution in [3.05, 3.63) is 60.4 Å². The van der Waals surface area contributed by atoms with E-state index in [0.29, 0.717) is 11.3 Å². The van der Waals surface area contributed by atoms with Crippen LogP contribution < -0.4 is 5.32 Å². The van der Waals surface area contributed by atoms with E-state index in [0.717, 1.165) is 0 Å². The highest BCUT2D eigenvalue weighted by Gasteiger charge is 2.19. The Hall–Kier alpha value is -3.09. The van der Waals surface area contributed by atoms with Gasteiger partial charge in [0, 0.05) is 11.3 Å². The first kappa shape index (κ1) is 14.8. The van der Waals surface area contributed by atoms with Gasteiger partial charge >= 0.3 is 0 Å². The Morgan fingerprint density at radius 2 is 1.96 bits per heavy atom. The molecule has 0 aliphatic rings. The van der Waals surface area contributed by atoms with Gasteiger partial charge in [0.15, 0.2) is 0 Å². The molecule has 0 aliphatic heterocycles. The summed E-state index contributed by atoms with van der Waals surface area (Å²) in [5.41, 5.74) is 1.20. The first-order chi connectivity index (χ1) is 11.1. The van der Waals surface area contributed by atoms with E-state index in [-0.39, 0.29) is 17.5 Å². The van der Waals surface area contributed by atoms with Gasteiger partial charge in [0.2, 0.25) is 5.82 Å². The molecule has 116 valence electrons. The monoisotopic (exact) mass is 311 g/mol. The van der Waals surface area contributed by atoms with Crippen LogP contribution in [0.25, 0.3) is 11.4 Å². The minimum Gasteiger partial charge on any atom is -0.324 e. The van der Waals surface area contributed by atoms with Crippen LogP contribution in [0, 0.1) is 5.82 Å². The van der Waals surface area contributed by atoms with Gasteiger partial charge in [0.25, 0.3) is 5.91 Å². The number of halogens is 1. The van der Waals surface area contributed by atoms with Gasteiger partial charge in [-0.25, -0.2) is 4.39 Å². The normalized spacial score (nSPS) is 11.9. The molecule has 0 radical (unpaired) electrons. The third kappa shape index (κ3) is 3.39. The molecule has 6 nitrogen and oxygen atoms in total. The van der Waals surface area contributed by atoms with E-state index < -0.39 is 6.04 Å². The topological polar surface area (TPSA) is 72.7 Å². The summed E-state index contributed by atoms with van der Waals surface area (Å²) in [6, 6.07) is 14.4. The number of rotatable bonds is 4. The smallest absolute Gasteiger partial charge is 0.250 e. The first-order valence-electron chi connectivity index (χ1n) is 7.05. The zero-order valence-corrected chi connectivity index (χ0v) is 12.3. The molecule has 0 aliphatic carbocycles. The molecule has 3 rings (SSSR count). The molecule has 3 aromatic rings. The SMILES string of the molecule is CC(C(=O)Nc1ccccc1)n1nnc(-c2cccc(F)c2)n1. The van der Waals surface area contributed by atoms with Gasteiger partial charge < -0.3 is 5.32 Å². The van der Waals surface area contributed by atoms with Gasteiger partial charge in [-0.05, 0) is 36.4 Å². The van der Waals surface area contributed by atoms with Gasteiger partial charge in [0.1, 0.15) is 11.9 Å². The minimum absolute atomic E-state index is 0.264. The van der Waals surface area contributed by atoms with Crippen LogP contribution in [-0.4, -0.2) is 26.1 Å². The average Bonchev–Trinajstić information content (AvgIpc) is 3.05. The highest BCUT2D eigenvalue weighted by molar-refractivity contribution is 5.93. The number of benzene rings is 2. The third-order valence-corrected chi connectivity index (χ3v) is 3.28. The number of amides is 1. The van der Waals surface area contributed by atoms with Gasteiger partial charge in [-0.3, -0.25) is 4.79 Å². The molecule has 1 aromatic heterocycles. The molecular formula is C16H14FN5O. The second kappa shape index (κ2) is 6.35. The molecule has 7 heteroatoms. The molecule has 2 aromatic carbocycles. The van der Waals surface area contributed by atoms with Crippen molar-refractivity contribution < 1.29 is 9.18 Å². The number of carbonyl (C=O) groups is 1. The van der Waals surface area contributed by atoms with Gasteiger partial charge in [0.05, 0.1) is 0 Å². The minimum atomic E-state index is -0.648. The Balaban J connectivity index is 1.75. The van der Waals surface area contributed by atoms with Gasteiger partial charge in [-0.15, -0.1) is 10.2 Å². The van der Waals surface area contributed by atoms with E-state index in [9.17, 15) is 9.18 Å². The van der Waals surface area contributed by atoms with Crippen molar-refractivity contribution in [3.63, 3.8) is 0 Å². The maximum Gasteiger partial charge on any atom is 0.250 e. The number of hydrogen-bond donors (Lipinski definition) is 1. The number of aromatic nitrogens is 4. The van der Waals surface area contributed by atoms with Gasteiger partial charge in [-0.2, -0.15) is 4.80 Å². The maximum atomic E-state index is 13.2. The van der Waals surface area contributed by atoms with E-state index in [4.69, 9.17) is 0 Å². The zero-order valence-electron chi connectivity index (χ0n) is 12.3. The number of para-hydroxylation sites is 1. The molecular weight excluding hydrogens is 297 g/mol. The number of carbonyl (C=O) groups excluding carboxylic acids is 1. The molecule has 0 bridgehead atoms. The number of nitrogens with one attached hydrogen (secondary N) is 1. The molecule has 1 atom stereocenters. The lowest BCUT2D eigenvalue weighted by molar-refractivity contribution is -0.119. The van der Waals surface area contributed by atoms with Crippen LogP contribution >= 0.6 is 0 Å². The van der Waals surface area contributed by atoms with E-state index in [2.05, 4.69) is 20.7 Å². The Morgan fingerprint density at radius 3 is 2.70 bits per heavy atom. The van der Waals surface area contributed by atoms with E-state index >= 15 is 0 Å². The van der Waals surface area contributed by atoms with E-state index in [1.54, 1.807) is 31.2 Å². The summed E-state index contributed by atoms with van der Waals surface area (Å²) >= 11 is 0. The summed E-state index contributed by atoms with van der Waals surface area (Å²) in [7, 11) is 0. The van der Waals surface area contributed by atoms with Crippen LogP contribution in [0.4, 0.5) is 10.1 Å². The van der Waals surface area contributed by atoms with Crippen LogP contribution in [0.2, 0.25) is 0 Å². The van der Waals surface area contributed by atoms with Crippen molar-refractivity contribution >= 4 is 11.6 Å². The van der Waals surface area contributed by atoms with Crippen LogP contribution in [0.15, 0.2) is 54.6 Å². The highest BCUT2D eigenvalue weighted by atomic mass is 19.1. The number of nitrogens with zero attached hydrogens (tertiary/aromatic N) is 4. The third-order valence-electron chi connectivity index (χ3n) is 3.28. The van der Waals surface area contributed by atoms with Crippen LogP contribution in [0.3, 0.4) is 0 Å². The van der Waals surface area contributed by atoms with E-state index in [1.165, 1.54) is 16.9 Å². The fourth-order valence-corrected chi connectivity index (χ4v) is 2.01. The second-order valence-electron chi connectivity index (χ2n) is 4.98. The fourth-order valence-electron chi connectivity index (χ4n) is 2.01. The number of anilines is 1. The Kier molecular flexibility index (Phi) is 4.09. The standard InChI is InChI=1S/C16H14FN5O/c1-11(16(23)18-14-8-3-2-4-9-14)22-20-15(19-21-22)12-6-5-7-13(17)10-12/h2-11H,1H3,(H,18,23). The van der Waals surface area contributed by atoms with Crippen molar-refractivity contribution in [1.82, 2.24) is 20.2 Å². The Bertz CT molecular complexity index is 818. The molecule has 1 unspecified atom stereocenters. The van der Waals surface area contributed by atoms with Crippen molar-refractivity contribution in [2.75, 3.05) is 5.32 Å². The predicted octanol–water partition coefficient (Wildman–Crippen LogP) is 2.68. The quantitative estimate of drug-likeness (QED) is 0.804. The zero-order chi connectivity index (χ0) is 16.2. The summed E-state index contributed by atoms with van der Waals surface area (Å²) < 4.78 is 13.2. The molecule has 23 heavy (non-hydrogen) atoms. The average molecular weight is 311 g/mol. The summed E-state index contributed by atoms with van der Waals surface area (Å²) in [6.45, 7) is 1.66.